The van der Waals surface area contributed by atoms with Gasteiger partial charge in [-0.3, -0.25) is 4.79 Å². The fourth-order valence-electron chi connectivity index (χ4n) is 2.16. The Kier molecular flexibility index (Phi) is 5.49. The molecule has 1 heterocycles. The standard InChI is InChI=1S/C16H21N3O2S/c1-11(2)15-17-18-16(22-15)19(10-9-14(20)21)12(3)13-7-5-4-6-8-13/h4-8,11-12H,9-10H2,1-3H3,(H,20,21). The number of aliphatic carboxylic acids is 1. The van der Waals surface area contributed by atoms with E-state index in [-0.39, 0.29) is 12.5 Å². The second kappa shape index (κ2) is 7.35. The maximum atomic E-state index is 10.9. The number of nitrogens with zero attached hydrogens (tertiary/aromatic N) is 3. The van der Waals surface area contributed by atoms with Gasteiger partial charge in [-0.05, 0) is 12.5 Å². The first-order valence-electron chi connectivity index (χ1n) is 7.35. The zero-order valence-electron chi connectivity index (χ0n) is 13.1. The number of benzene rings is 1. The molecule has 0 saturated carbocycles. The predicted molar refractivity (Wildman–Crippen MR) is 88.5 cm³/mol. The van der Waals surface area contributed by atoms with Crippen molar-refractivity contribution in [1.29, 1.82) is 0 Å². The molecule has 1 atom stereocenters. The Morgan fingerprint density at radius 2 is 1.91 bits per heavy atom. The fraction of sp³-hybridized carbons (Fsp3) is 0.438. The first-order valence-corrected chi connectivity index (χ1v) is 8.17. The summed E-state index contributed by atoms with van der Waals surface area (Å²) >= 11 is 1.53. The van der Waals surface area contributed by atoms with Gasteiger partial charge in [0.2, 0.25) is 5.13 Å². The van der Waals surface area contributed by atoms with Crippen molar-refractivity contribution in [3.63, 3.8) is 0 Å². The molecule has 0 radical (unpaired) electrons. The Morgan fingerprint density at radius 1 is 1.23 bits per heavy atom. The third-order valence-electron chi connectivity index (χ3n) is 3.49. The van der Waals surface area contributed by atoms with Crippen LogP contribution in [0, 0.1) is 0 Å². The predicted octanol–water partition coefficient (Wildman–Crippen LogP) is 3.70. The number of carboxylic acids is 1. The van der Waals surface area contributed by atoms with E-state index in [2.05, 4.69) is 31.0 Å². The lowest BCUT2D eigenvalue weighted by Crippen LogP contribution is -2.29. The van der Waals surface area contributed by atoms with Gasteiger partial charge in [-0.1, -0.05) is 55.5 Å². The van der Waals surface area contributed by atoms with Gasteiger partial charge in [-0.25, -0.2) is 0 Å². The van der Waals surface area contributed by atoms with Crippen LogP contribution < -0.4 is 4.90 Å². The Balaban J connectivity index is 2.26. The minimum atomic E-state index is -0.807. The Labute approximate surface area is 134 Å². The van der Waals surface area contributed by atoms with Gasteiger partial charge in [0, 0.05) is 12.5 Å². The number of carboxylic acid groups (broad SMARTS) is 1. The van der Waals surface area contributed by atoms with Crippen LogP contribution in [-0.2, 0) is 4.79 Å². The van der Waals surface area contributed by atoms with E-state index >= 15 is 0 Å². The monoisotopic (exact) mass is 319 g/mol. The van der Waals surface area contributed by atoms with Crippen LogP contribution in [0.2, 0.25) is 0 Å². The number of aromatic nitrogens is 2. The van der Waals surface area contributed by atoms with E-state index in [1.165, 1.54) is 11.3 Å². The topological polar surface area (TPSA) is 66.3 Å². The average Bonchev–Trinajstić information content (AvgIpc) is 2.98. The molecule has 1 N–H and O–H groups in total. The van der Waals surface area contributed by atoms with E-state index in [9.17, 15) is 4.79 Å². The molecule has 118 valence electrons. The van der Waals surface area contributed by atoms with E-state index in [1.807, 2.05) is 35.2 Å². The number of rotatable bonds is 7. The summed E-state index contributed by atoms with van der Waals surface area (Å²) in [5.41, 5.74) is 1.13. The van der Waals surface area contributed by atoms with Crippen molar-refractivity contribution in [3.05, 3.63) is 40.9 Å². The summed E-state index contributed by atoms with van der Waals surface area (Å²) in [7, 11) is 0. The van der Waals surface area contributed by atoms with E-state index in [1.54, 1.807) is 0 Å². The quantitative estimate of drug-likeness (QED) is 0.843. The van der Waals surface area contributed by atoms with Gasteiger partial charge in [-0.15, -0.1) is 10.2 Å². The molecule has 1 unspecified atom stereocenters. The summed E-state index contributed by atoms with van der Waals surface area (Å²) in [5, 5.41) is 19.2. The van der Waals surface area contributed by atoms with Gasteiger partial charge >= 0.3 is 5.97 Å². The second-order valence-electron chi connectivity index (χ2n) is 5.50. The molecule has 1 aromatic heterocycles. The maximum absolute atomic E-state index is 10.9. The minimum absolute atomic E-state index is 0.0495. The van der Waals surface area contributed by atoms with E-state index in [0.29, 0.717) is 12.5 Å². The zero-order chi connectivity index (χ0) is 16.1. The lowest BCUT2D eigenvalue weighted by molar-refractivity contribution is -0.136. The van der Waals surface area contributed by atoms with Gasteiger partial charge in [0.25, 0.3) is 0 Å². The number of hydrogen-bond donors (Lipinski definition) is 1. The van der Waals surface area contributed by atoms with Gasteiger partial charge < -0.3 is 10.0 Å². The normalized spacial score (nSPS) is 12.4. The average molecular weight is 319 g/mol. The van der Waals surface area contributed by atoms with Gasteiger partial charge in [0.05, 0.1) is 12.5 Å². The Bertz CT molecular complexity index is 613. The molecule has 2 rings (SSSR count). The van der Waals surface area contributed by atoms with E-state index in [4.69, 9.17) is 5.11 Å². The summed E-state index contributed by atoms with van der Waals surface area (Å²) in [6, 6.07) is 10.1. The molecule has 6 heteroatoms. The van der Waals surface area contributed by atoms with E-state index in [0.717, 1.165) is 15.7 Å². The lowest BCUT2D eigenvalue weighted by atomic mass is 10.1. The van der Waals surface area contributed by atoms with E-state index < -0.39 is 5.97 Å². The highest BCUT2D eigenvalue weighted by atomic mass is 32.1. The second-order valence-corrected chi connectivity index (χ2v) is 6.49. The molecule has 5 nitrogen and oxygen atoms in total. The molecule has 2 aromatic rings. The minimum Gasteiger partial charge on any atom is -0.481 e. The van der Waals surface area contributed by atoms with Crippen LogP contribution in [-0.4, -0.2) is 27.8 Å². The highest BCUT2D eigenvalue weighted by molar-refractivity contribution is 7.15. The molecule has 0 aliphatic heterocycles. The summed E-state index contributed by atoms with van der Waals surface area (Å²) in [5.74, 6) is -0.488. The van der Waals surface area contributed by atoms with Crippen molar-refractivity contribution < 1.29 is 9.90 Å². The third kappa shape index (κ3) is 4.04. The van der Waals surface area contributed by atoms with Gasteiger partial charge in [-0.2, -0.15) is 0 Å². The Morgan fingerprint density at radius 3 is 2.45 bits per heavy atom. The molecular formula is C16H21N3O2S. The summed E-state index contributed by atoms with van der Waals surface area (Å²) in [4.78, 5) is 13.0. The summed E-state index contributed by atoms with van der Waals surface area (Å²) in [6.07, 6.45) is 0.0771. The largest absolute Gasteiger partial charge is 0.481 e. The smallest absolute Gasteiger partial charge is 0.305 e. The lowest BCUT2D eigenvalue weighted by Gasteiger charge is -2.28. The van der Waals surface area contributed by atoms with Crippen LogP contribution in [0.25, 0.3) is 0 Å². The molecule has 0 saturated heterocycles. The molecular weight excluding hydrogens is 298 g/mol. The molecule has 0 spiro atoms. The molecule has 22 heavy (non-hydrogen) atoms. The zero-order valence-corrected chi connectivity index (χ0v) is 13.9. The number of hydrogen-bond acceptors (Lipinski definition) is 5. The summed E-state index contributed by atoms with van der Waals surface area (Å²) < 4.78 is 0. The van der Waals surface area contributed by atoms with Crippen molar-refractivity contribution in [1.82, 2.24) is 10.2 Å². The number of carbonyl (C=O) groups is 1. The van der Waals surface area contributed by atoms with Crippen LogP contribution >= 0.6 is 11.3 Å². The van der Waals surface area contributed by atoms with Crippen LogP contribution in [0.1, 0.15) is 49.7 Å². The van der Waals surface area contributed by atoms with Crippen LogP contribution in [0.3, 0.4) is 0 Å². The molecule has 0 aliphatic carbocycles. The molecule has 1 aromatic carbocycles. The molecule has 0 bridgehead atoms. The maximum Gasteiger partial charge on any atom is 0.305 e. The summed E-state index contributed by atoms with van der Waals surface area (Å²) in [6.45, 7) is 6.63. The Hall–Kier alpha value is -1.95. The molecule has 0 amide bonds. The van der Waals surface area contributed by atoms with Crippen molar-refractivity contribution >= 4 is 22.4 Å². The highest BCUT2D eigenvalue weighted by Gasteiger charge is 2.21. The van der Waals surface area contributed by atoms with Crippen molar-refractivity contribution in [2.45, 2.75) is 39.2 Å². The van der Waals surface area contributed by atoms with Crippen molar-refractivity contribution in [3.8, 4) is 0 Å². The first-order chi connectivity index (χ1) is 10.5. The third-order valence-corrected chi connectivity index (χ3v) is 4.75. The van der Waals surface area contributed by atoms with Crippen LogP contribution in [0.4, 0.5) is 5.13 Å². The molecule has 0 aliphatic rings. The fourth-order valence-corrected chi connectivity index (χ4v) is 3.11. The van der Waals surface area contributed by atoms with Crippen LogP contribution in [0.15, 0.2) is 30.3 Å². The first kappa shape index (κ1) is 16.4. The molecule has 0 fully saturated rings. The van der Waals surface area contributed by atoms with Gasteiger partial charge in [0.1, 0.15) is 5.01 Å². The van der Waals surface area contributed by atoms with Crippen LogP contribution in [0.5, 0.6) is 0 Å². The highest BCUT2D eigenvalue weighted by Crippen LogP contribution is 2.31. The van der Waals surface area contributed by atoms with Gasteiger partial charge in [0.15, 0.2) is 0 Å². The SMILES string of the molecule is CC(C)c1nnc(N(CCC(=O)O)C(C)c2ccccc2)s1. The van der Waals surface area contributed by atoms with Crippen molar-refractivity contribution in [2.24, 2.45) is 0 Å². The van der Waals surface area contributed by atoms with Crippen molar-refractivity contribution in [2.75, 3.05) is 11.4 Å². The number of anilines is 1.